The van der Waals surface area contributed by atoms with Crippen molar-refractivity contribution in [3.63, 3.8) is 0 Å². The van der Waals surface area contributed by atoms with E-state index in [1.165, 1.54) is 11.3 Å². The molecule has 0 aliphatic carbocycles. The molecule has 1 atom stereocenters. The van der Waals surface area contributed by atoms with E-state index in [9.17, 15) is 4.79 Å². The molecule has 1 rings (SSSR count). The average molecular weight is 294 g/mol. The third-order valence-corrected chi connectivity index (χ3v) is 3.89. The van der Waals surface area contributed by atoms with Crippen LogP contribution >= 0.6 is 0 Å². The molecule has 0 saturated carbocycles. The largest absolute Gasteiger partial charge is 0.351 e. The first kappa shape index (κ1) is 17.7. The molecule has 0 spiro atoms. The Hall–Kier alpha value is -1.36. The molecule has 1 amide bonds. The molecule has 2 N–H and O–H groups in total. The molecule has 0 aliphatic rings. The third-order valence-electron chi connectivity index (χ3n) is 3.89. The van der Waals surface area contributed by atoms with Gasteiger partial charge in [0.25, 0.3) is 0 Å². The lowest BCUT2D eigenvalue weighted by Gasteiger charge is -2.29. The Morgan fingerprint density at radius 2 is 1.95 bits per heavy atom. The Kier molecular flexibility index (Phi) is 5.96. The number of amides is 1. The molecule has 0 radical (unpaired) electrons. The van der Waals surface area contributed by atoms with Gasteiger partial charge in [-0.2, -0.15) is 5.10 Å². The van der Waals surface area contributed by atoms with Crippen LogP contribution in [-0.2, 0) is 11.3 Å². The highest BCUT2D eigenvalue weighted by molar-refractivity contribution is 5.73. The van der Waals surface area contributed by atoms with Gasteiger partial charge in [0.15, 0.2) is 0 Å². The normalized spacial score (nSPS) is 13.3. The van der Waals surface area contributed by atoms with Crippen LogP contribution in [0.2, 0.25) is 0 Å². The van der Waals surface area contributed by atoms with Crippen molar-refractivity contribution in [1.82, 2.24) is 20.4 Å². The van der Waals surface area contributed by atoms with Gasteiger partial charge in [0, 0.05) is 30.7 Å². The van der Waals surface area contributed by atoms with Crippen molar-refractivity contribution in [3.05, 3.63) is 17.0 Å². The van der Waals surface area contributed by atoms with Crippen LogP contribution in [0.15, 0.2) is 0 Å². The molecule has 0 unspecified atom stereocenters. The van der Waals surface area contributed by atoms with Gasteiger partial charge in [-0.3, -0.25) is 9.48 Å². The highest BCUT2D eigenvalue weighted by atomic mass is 16.1. The summed E-state index contributed by atoms with van der Waals surface area (Å²) in [6, 6.07) is 0.338. The monoisotopic (exact) mass is 294 g/mol. The maximum absolute atomic E-state index is 11.2. The molecular weight excluding hydrogens is 264 g/mol. The summed E-state index contributed by atoms with van der Waals surface area (Å²) < 4.78 is 2.06. The lowest BCUT2D eigenvalue weighted by Crippen LogP contribution is -2.47. The van der Waals surface area contributed by atoms with Crippen molar-refractivity contribution in [3.8, 4) is 0 Å². The maximum Gasteiger partial charge on any atom is 0.217 e. The summed E-state index contributed by atoms with van der Waals surface area (Å²) in [5, 5.41) is 11.0. The predicted octanol–water partition coefficient (Wildman–Crippen LogP) is 2.09. The van der Waals surface area contributed by atoms with Gasteiger partial charge in [0.1, 0.15) is 0 Å². The second-order valence-corrected chi connectivity index (χ2v) is 6.64. The molecule has 0 aliphatic heterocycles. The molecule has 0 saturated heterocycles. The van der Waals surface area contributed by atoms with E-state index in [4.69, 9.17) is 0 Å². The lowest BCUT2D eigenvalue weighted by molar-refractivity contribution is -0.120. The standard InChI is InChI=1S/C16H30N4O/c1-11(10-16(6,7)18-15(5)21)17-8-9-20-14(4)12(2)13(3)19-20/h11,17H,8-10H2,1-7H3,(H,18,21)/t11-/m1/s1. The number of nitrogens with zero attached hydrogens (tertiary/aromatic N) is 2. The minimum Gasteiger partial charge on any atom is -0.351 e. The Bertz CT molecular complexity index is 491. The van der Waals surface area contributed by atoms with Crippen molar-refractivity contribution < 1.29 is 4.79 Å². The predicted molar refractivity (Wildman–Crippen MR) is 86.4 cm³/mol. The summed E-state index contributed by atoms with van der Waals surface area (Å²) in [6.45, 7) is 15.8. The van der Waals surface area contributed by atoms with Gasteiger partial charge in [-0.15, -0.1) is 0 Å². The fourth-order valence-corrected chi connectivity index (χ4v) is 2.79. The first-order valence-corrected chi connectivity index (χ1v) is 7.65. The van der Waals surface area contributed by atoms with Gasteiger partial charge >= 0.3 is 0 Å². The van der Waals surface area contributed by atoms with Crippen LogP contribution in [0.5, 0.6) is 0 Å². The summed E-state index contributed by atoms with van der Waals surface area (Å²) >= 11 is 0. The van der Waals surface area contributed by atoms with Crippen LogP contribution in [0.1, 0.15) is 51.1 Å². The van der Waals surface area contributed by atoms with E-state index < -0.39 is 0 Å². The van der Waals surface area contributed by atoms with Crippen molar-refractivity contribution in [2.24, 2.45) is 0 Å². The van der Waals surface area contributed by atoms with E-state index >= 15 is 0 Å². The summed E-state index contributed by atoms with van der Waals surface area (Å²) in [4.78, 5) is 11.2. The Labute approximate surface area is 128 Å². The molecule has 21 heavy (non-hydrogen) atoms. The van der Waals surface area contributed by atoms with E-state index in [1.54, 1.807) is 6.92 Å². The van der Waals surface area contributed by atoms with E-state index in [0.717, 1.165) is 25.2 Å². The molecule has 1 aromatic heterocycles. The van der Waals surface area contributed by atoms with Crippen LogP contribution in [0.25, 0.3) is 0 Å². The van der Waals surface area contributed by atoms with E-state index in [2.05, 4.69) is 55.0 Å². The first-order valence-electron chi connectivity index (χ1n) is 7.65. The fraction of sp³-hybridized carbons (Fsp3) is 0.750. The number of hydrogen-bond acceptors (Lipinski definition) is 3. The molecule has 5 nitrogen and oxygen atoms in total. The van der Waals surface area contributed by atoms with Crippen molar-refractivity contribution >= 4 is 5.91 Å². The minimum absolute atomic E-state index is 0.0188. The molecule has 0 bridgehead atoms. The van der Waals surface area contributed by atoms with Crippen LogP contribution < -0.4 is 10.6 Å². The quantitative estimate of drug-likeness (QED) is 0.809. The van der Waals surface area contributed by atoms with Crippen LogP contribution in [0, 0.1) is 20.8 Å². The first-order chi connectivity index (χ1) is 9.62. The van der Waals surface area contributed by atoms with Crippen molar-refractivity contribution in [2.45, 2.75) is 73.0 Å². The number of carbonyl (C=O) groups is 1. The topological polar surface area (TPSA) is 59.0 Å². The Balaban J connectivity index is 2.41. The van der Waals surface area contributed by atoms with Crippen LogP contribution in [0.4, 0.5) is 0 Å². The molecule has 1 heterocycles. The molecule has 120 valence electrons. The van der Waals surface area contributed by atoms with E-state index in [1.807, 2.05) is 6.92 Å². The number of aryl methyl sites for hydroxylation is 1. The van der Waals surface area contributed by atoms with E-state index in [-0.39, 0.29) is 11.4 Å². The average Bonchev–Trinajstić information content (AvgIpc) is 2.54. The van der Waals surface area contributed by atoms with Gasteiger partial charge in [-0.1, -0.05) is 0 Å². The number of rotatable bonds is 7. The number of hydrogen-bond donors (Lipinski definition) is 2. The SMILES string of the molecule is CC(=O)NC(C)(C)C[C@@H](C)NCCn1nc(C)c(C)c1C. The summed E-state index contributed by atoms with van der Waals surface area (Å²) in [5.74, 6) is 0.0188. The summed E-state index contributed by atoms with van der Waals surface area (Å²) in [6.07, 6.45) is 0.892. The van der Waals surface area contributed by atoms with Crippen molar-refractivity contribution in [1.29, 1.82) is 0 Å². The highest BCUT2D eigenvalue weighted by Crippen LogP contribution is 2.12. The second kappa shape index (κ2) is 7.07. The minimum atomic E-state index is -0.187. The Morgan fingerprint density at radius 1 is 1.33 bits per heavy atom. The van der Waals surface area contributed by atoms with Gasteiger partial charge in [0.2, 0.25) is 5.91 Å². The maximum atomic E-state index is 11.2. The third kappa shape index (κ3) is 5.50. The molecule has 5 heteroatoms. The van der Waals surface area contributed by atoms with Crippen LogP contribution in [0.3, 0.4) is 0 Å². The fourth-order valence-electron chi connectivity index (χ4n) is 2.79. The van der Waals surface area contributed by atoms with Gasteiger partial charge < -0.3 is 10.6 Å². The van der Waals surface area contributed by atoms with Gasteiger partial charge in [-0.25, -0.2) is 0 Å². The zero-order valence-corrected chi connectivity index (χ0v) is 14.5. The number of nitrogens with one attached hydrogen (secondary N) is 2. The highest BCUT2D eigenvalue weighted by Gasteiger charge is 2.21. The summed E-state index contributed by atoms with van der Waals surface area (Å²) in [7, 11) is 0. The number of carbonyl (C=O) groups excluding carboxylic acids is 1. The molecule has 1 aromatic rings. The van der Waals surface area contributed by atoms with Gasteiger partial charge in [0.05, 0.1) is 12.2 Å². The van der Waals surface area contributed by atoms with Crippen molar-refractivity contribution in [2.75, 3.05) is 6.54 Å². The zero-order chi connectivity index (χ0) is 16.2. The van der Waals surface area contributed by atoms with Gasteiger partial charge in [-0.05, 0) is 53.5 Å². The molecule has 0 fully saturated rings. The smallest absolute Gasteiger partial charge is 0.217 e. The Morgan fingerprint density at radius 3 is 2.43 bits per heavy atom. The molecule has 0 aromatic carbocycles. The molecular formula is C16H30N4O. The lowest BCUT2D eigenvalue weighted by atomic mass is 9.96. The van der Waals surface area contributed by atoms with E-state index in [0.29, 0.717) is 6.04 Å². The number of aromatic nitrogens is 2. The summed E-state index contributed by atoms with van der Waals surface area (Å²) in [5.41, 5.74) is 3.43. The van der Waals surface area contributed by atoms with Crippen LogP contribution in [-0.4, -0.2) is 33.8 Å². The second-order valence-electron chi connectivity index (χ2n) is 6.64. The zero-order valence-electron chi connectivity index (χ0n) is 14.5.